The molecule has 1 heterocycles. The zero-order valence-electron chi connectivity index (χ0n) is 5.66. The van der Waals surface area contributed by atoms with Crippen LogP contribution < -0.4 is 5.73 Å². The molecule has 3 heteroatoms. The lowest BCUT2D eigenvalue weighted by Gasteiger charge is -2.03. The van der Waals surface area contributed by atoms with Crippen molar-refractivity contribution in [1.82, 2.24) is 0 Å². The van der Waals surface area contributed by atoms with E-state index in [2.05, 4.69) is 0 Å². The van der Waals surface area contributed by atoms with Gasteiger partial charge >= 0.3 is 0 Å². The van der Waals surface area contributed by atoms with Crippen LogP contribution in [0.15, 0.2) is 16.8 Å². The van der Waals surface area contributed by atoms with E-state index in [4.69, 9.17) is 10.8 Å². The Kier molecular flexibility index (Phi) is 2.86. The second-order valence-corrected chi connectivity index (χ2v) is 3.01. The summed E-state index contributed by atoms with van der Waals surface area (Å²) < 4.78 is 0. The van der Waals surface area contributed by atoms with Gasteiger partial charge in [-0.3, -0.25) is 0 Å². The quantitative estimate of drug-likeness (QED) is 0.675. The third-order valence-corrected chi connectivity index (χ3v) is 2.06. The second-order valence-electron chi connectivity index (χ2n) is 2.23. The van der Waals surface area contributed by atoms with Crippen LogP contribution in [0.25, 0.3) is 0 Å². The summed E-state index contributed by atoms with van der Waals surface area (Å²) in [6.45, 7) is 0.343. The molecule has 0 bridgehead atoms. The molecule has 10 heavy (non-hydrogen) atoms. The summed E-state index contributed by atoms with van der Waals surface area (Å²) in [5.74, 6) is 0. The minimum absolute atomic E-state index is 0.343. The Labute approximate surface area is 64.3 Å². The molecule has 0 radical (unpaired) electrons. The summed E-state index contributed by atoms with van der Waals surface area (Å²) >= 11 is 1.64. The van der Waals surface area contributed by atoms with Crippen molar-refractivity contribution in [2.45, 2.75) is 12.5 Å². The highest BCUT2D eigenvalue weighted by Crippen LogP contribution is 2.07. The van der Waals surface area contributed by atoms with Crippen LogP contribution >= 0.6 is 11.3 Å². The summed E-state index contributed by atoms with van der Waals surface area (Å²) in [5, 5.41) is 13.1. The Hall–Kier alpha value is -0.380. The number of aliphatic hydroxyl groups excluding tert-OH is 1. The molecule has 0 aliphatic rings. The van der Waals surface area contributed by atoms with Crippen molar-refractivity contribution in [2.75, 3.05) is 6.54 Å². The monoisotopic (exact) mass is 157 g/mol. The third-order valence-electron chi connectivity index (χ3n) is 1.32. The van der Waals surface area contributed by atoms with Crippen LogP contribution in [0.1, 0.15) is 5.56 Å². The van der Waals surface area contributed by atoms with Crippen LogP contribution in [-0.2, 0) is 6.42 Å². The van der Waals surface area contributed by atoms with Crippen molar-refractivity contribution in [2.24, 2.45) is 5.73 Å². The normalized spacial score (nSPS) is 13.4. The Morgan fingerprint density at radius 2 is 2.50 bits per heavy atom. The molecule has 1 rings (SSSR count). The first-order valence-corrected chi connectivity index (χ1v) is 4.16. The molecule has 56 valence electrons. The van der Waals surface area contributed by atoms with E-state index in [1.165, 1.54) is 5.56 Å². The molecule has 2 nitrogen and oxygen atoms in total. The van der Waals surface area contributed by atoms with E-state index in [-0.39, 0.29) is 6.10 Å². The van der Waals surface area contributed by atoms with Gasteiger partial charge in [-0.25, -0.2) is 0 Å². The molecule has 0 amide bonds. The van der Waals surface area contributed by atoms with Crippen LogP contribution in [0.5, 0.6) is 0 Å². The third kappa shape index (κ3) is 2.10. The molecule has 0 fully saturated rings. The van der Waals surface area contributed by atoms with Crippen LogP contribution in [0.3, 0.4) is 0 Å². The topological polar surface area (TPSA) is 46.2 Å². The second kappa shape index (κ2) is 3.71. The number of rotatable bonds is 3. The fourth-order valence-corrected chi connectivity index (χ4v) is 1.45. The minimum Gasteiger partial charge on any atom is -0.391 e. The molecular formula is C7H11NOS. The number of nitrogens with two attached hydrogens (primary N) is 1. The van der Waals surface area contributed by atoms with Crippen molar-refractivity contribution in [1.29, 1.82) is 0 Å². The van der Waals surface area contributed by atoms with E-state index < -0.39 is 0 Å². The highest BCUT2D eigenvalue weighted by molar-refractivity contribution is 7.07. The molecule has 0 saturated carbocycles. The van der Waals surface area contributed by atoms with Gasteiger partial charge in [0.25, 0.3) is 0 Å². The Morgan fingerprint density at radius 3 is 3.00 bits per heavy atom. The Morgan fingerprint density at radius 1 is 1.70 bits per heavy atom. The van der Waals surface area contributed by atoms with Crippen molar-refractivity contribution in [3.05, 3.63) is 22.4 Å². The highest BCUT2D eigenvalue weighted by atomic mass is 32.1. The molecular weight excluding hydrogens is 146 g/mol. The predicted octanol–water partition coefficient (Wildman–Crippen LogP) is 0.610. The van der Waals surface area contributed by atoms with Crippen molar-refractivity contribution in [3.8, 4) is 0 Å². The molecule has 1 unspecified atom stereocenters. The van der Waals surface area contributed by atoms with Gasteiger partial charge in [0.2, 0.25) is 0 Å². The van der Waals surface area contributed by atoms with Crippen LogP contribution in [0.2, 0.25) is 0 Å². The molecule has 1 atom stereocenters. The molecule has 0 saturated heterocycles. The summed E-state index contributed by atoms with van der Waals surface area (Å²) in [5.41, 5.74) is 6.41. The zero-order chi connectivity index (χ0) is 7.40. The Bertz CT molecular complexity index is 174. The van der Waals surface area contributed by atoms with Crippen molar-refractivity contribution < 1.29 is 5.11 Å². The van der Waals surface area contributed by atoms with Gasteiger partial charge in [-0.1, -0.05) is 0 Å². The van der Waals surface area contributed by atoms with Gasteiger partial charge < -0.3 is 10.8 Å². The lowest BCUT2D eigenvalue weighted by Crippen LogP contribution is -2.21. The largest absolute Gasteiger partial charge is 0.391 e. The van der Waals surface area contributed by atoms with Crippen LogP contribution in [-0.4, -0.2) is 17.8 Å². The highest BCUT2D eigenvalue weighted by Gasteiger charge is 2.01. The maximum Gasteiger partial charge on any atom is 0.0702 e. The Balaban J connectivity index is 2.40. The maximum atomic E-state index is 9.11. The molecule has 0 aromatic carbocycles. The summed E-state index contributed by atoms with van der Waals surface area (Å²) in [4.78, 5) is 0. The number of hydrogen-bond acceptors (Lipinski definition) is 3. The number of hydrogen-bond donors (Lipinski definition) is 2. The predicted molar refractivity (Wildman–Crippen MR) is 43.1 cm³/mol. The molecule has 0 spiro atoms. The molecule has 0 aliphatic heterocycles. The van der Waals surface area contributed by atoms with E-state index >= 15 is 0 Å². The first kappa shape index (κ1) is 7.72. The van der Waals surface area contributed by atoms with Gasteiger partial charge in [0.15, 0.2) is 0 Å². The summed E-state index contributed by atoms with van der Waals surface area (Å²) in [6, 6.07) is 2.00. The molecule has 0 aliphatic carbocycles. The lowest BCUT2D eigenvalue weighted by molar-refractivity contribution is 0.183. The smallest absolute Gasteiger partial charge is 0.0702 e. The van der Waals surface area contributed by atoms with Crippen molar-refractivity contribution in [3.63, 3.8) is 0 Å². The standard InChI is InChI=1S/C7H11NOS/c8-4-7(9)3-6-1-2-10-5-6/h1-2,5,7,9H,3-4,8H2. The SMILES string of the molecule is NCC(O)Cc1ccsc1. The van der Waals surface area contributed by atoms with Gasteiger partial charge in [0, 0.05) is 13.0 Å². The minimum atomic E-state index is -0.380. The van der Waals surface area contributed by atoms with Crippen molar-refractivity contribution >= 4 is 11.3 Å². The van der Waals surface area contributed by atoms with Crippen LogP contribution in [0.4, 0.5) is 0 Å². The van der Waals surface area contributed by atoms with E-state index in [0.29, 0.717) is 13.0 Å². The molecule has 3 N–H and O–H groups in total. The average molecular weight is 157 g/mol. The number of thiophene rings is 1. The van der Waals surface area contributed by atoms with Gasteiger partial charge in [-0.2, -0.15) is 11.3 Å². The summed E-state index contributed by atoms with van der Waals surface area (Å²) in [6.07, 6.45) is 0.301. The molecule has 1 aromatic rings. The fourth-order valence-electron chi connectivity index (χ4n) is 0.764. The number of aliphatic hydroxyl groups is 1. The average Bonchev–Trinajstić information content (AvgIpc) is 2.40. The van der Waals surface area contributed by atoms with E-state index in [9.17, 15) is 0 Å². The maximum absolute atomic E-state index is 9.11. The summed E-state index contributed by atoms with van der Waals surface area (Å²) in [7, 11) is 0. The van der Waals surface area contributed by atoms with Gasteiger partial charge in [0.1, 0.15) is 0 Å². The van der Waals surface area contributed by atoms with Gasteiger partial charge in [0.05, 0.1) is 6.10 Å². The van der Waals surface area contributed by atoms with Crippen LogP contribution in [0, 0.1) is 0 Å². The fraction of sp³-hybridized carbons (Fsp3) is 0.429. The van der Waals surface area contributed by atoms with Gasteiger partial charge in [-0.05, 0) is 22.4 Å². The lowest BCUT2D eigenvalue weighted by atomic mass is 10.1. The van der Waals surface area contributed by atoms with E-state index in [1.807, 2.05) is 16.8 Å². The first-order chi connectivity index (χ1) is 4.83. The van der Waals surface area contributed by atoms with Gasteiger partial charge in [-0.15, -0.1) is 0 Å². The molecule has 1 aromatic heterocycles. The zero-order valence-corrected chi connectivity index (χ0v) is 6.47. The van der Waals surface area contributed by atoms with E-state index in [0.717, 1.165) is 0 Å². The van der Waals surface area contributed by atoms with E-state index in [1.54, 1.807) is 11.3 Å². The first-order valence-electron chi connectivity index (χ1n) is 3.22.